The average molecular weight is 248 g/mol. The molecule has 0 aliphatic carbocycles. The molecule has 0 spiro atoms. The number of nitrogens with one attached hydrogen (secondary N) is 1. The fourth-order valence-electron chi connectivity index (χ4n) is 1.72. The predicted octanol–water partition coefficient (Wildman–Crippen LogP) is 0.457. The van der Waals surface area contributed by atoms with E-state index in [2.05, 4.69) is 15.4 Å². The zero-order chi connectivity index (χ0) is 13.3. The zero-order valence-electron chi connectivity index (χ0n) is 10.6. The predicted molar refractivity (Wildman–Crippen MR) is 66.5 cm³/mol. The van der Waals surface area contributed by atoms with Crippen LogP contribution in [0.3, 0.4) is 0 Å². The fraction of sp³-hybridized carbons (Fsp3) is 0.417. The molecule has 96 valence electrons. The van der Waals surface area contributed by atoms with E-state index < -0.39 is 6.10 Å². The molecule has 2 heterocycles. The lowest BCUT2D eigenvalue weighted by molar-refractivity contribution is 0.0922. The Hall–Kier alpha value is -1.95. The summed E-state index contributed by atoms with van der Waals surface area (Å²) in [7, 11) is 0. The molecule has 1 amide bonds. The van der Waals surface area contributed by atoms with Crippen LogP contribution >= 0.6 is 0 Å². The molecule has 2 aromatic heterocycles. The van der Waals surface area contributed by atoms with E-state index >= 15 is 0 Å². The lowest BCUT2D eigenvalue weighted by Crippen LogP contribution is -2.31. The van der Waals surface area contributed by atoms with Crippen molar-refractivity contribution < 1.29 is 9.90 Å². The van der Waals surface area contributed by atoms with Crippen molar-refractivity contribution in [3.63, 3.8) is 0 Å². The SMILES string of the molecule is Cc1cc2ncc(C(=O)NCC(C)O)c(C)n2n1. The van der Waals surface area contributed by atoms with Gasteiger partial charge in [-0.1, -0.05) is 0 Å². The first kappa shape index (κ1) is 12.5. The van der Waals surface area contributed by atoms with E-state index in [1.807, 2.05) is 19.9 Å². The summed E-state index contributed by atoms with van der Waals surface area (Å²) in [6.45, 7) is 5.53. The third-order valence-corrected chi connectivity index (χ3v) is 2.65. The molecule has 2 N–H and O–H groups in total. The summed E-state index contributed by atoms with van der Waals surface area (Å²) in [4.78, 5) is 16.1. The van der Waals surface area contributed by atoms with Crippen LogP contribution in [0.25, 0.3) is 5.65 Å². The van der Waals surface area contributed by atoms with Crippen molar-refractivity contribution in [2.45, 2.75) is 26.9 Å². The number of aryl methyl sites for hydroxylation is 2. The largest absolute Gasteiger partial charge is 0.392 e. The van der Waals surface area contributed by atoms with Crippen LogP contribution in [-0.4, -0.2) is 38.3 Å². The number of aromatic nitrogens is 3. The minimum atomic E-state index is -0.571. The van der Waals surface area contributed by atoms with E-state index in [1.54, 1.807) is 11.4 Å². The summed E-state index contributed by atoms with van der Waals surface area (Å²) >= 11 is 0. The van der Waals surface area contributed by atoms with E-state index in [0.717, 1.165) is 17.0 Å². The normalized spacial score (nSPS) is 12.7. The van der Waals surface area contributed by atoms with E-state index in [1.165, 1.54) is 6.20 Å². The summed E-state index contributed by atoms with van der Waals surface area (Å²) in [6.07, 6.45) is 0.960. The highest BCUT2D eigenvalue weighted by Gasteiger charge is 2.13. The smallest absolute Gasteiger partial charge is 0.254 e. The number of carbonyl (C=O) groups excluding carboxylic acids is 1. The maximum absolute atomic E-state index is 11.9. The van der Waals surface area contributed by atoms with E-state index in [9.17, 15) is 4.79 Å². The van der Waals surface area contributed by atoms with Crippen molar-refractivity contribution >= 4 is 11.6 Å². The highest BCUT2D eigenvalue weighted by Crippen LogP contribution is 2.10. The minimum Gasteiger partial charge on any atom is -0.392 e. The van der Waals surface area contributed by atoms with Crippen LogP contribution in [-0.2, 0) is 0 Å². The molecule has 0 saturated carbocycles. The summed E-state index contributed by atoms with van der Waals surface area (Å²) < 4.78 is 1.65. The number of fused-ring (bicyclic) bond motifs is 1. The molecular formula is C12H16N4O2. The third kappa shape index (κ3) is 2.33. The number of hydrogen-bond acceptors (Lipinski definition) is 4. The van der Waals surface area contributed by atoms with Crippen molar-refractivity contribution in [2.24, 2.45) is 0 Å². The Morgan fingerprint density at radius 2 is 2.28 bits per heavy atom. The first-order valence-electron chi connectivity index (χ1n) is 5.77. The molecule has 2 aromatic rings. The number of rotatable bonds is 3. The Balaban J connectivity index is 2.33. The molecule has 0 aromatic carbocycles. The Morgan fingerprint density at radius 1 is 1.56 bits per heavy atom. The van der Waals surface area contributed by atoms with Crippen molar-refractivity contribution in [1.82, 2.24) is 19.9 Å². The Morgan fingerprint density at radius 3 is 2.94 bits per heavy atom. The number of carbonyl (C=O) groups is 1. The van der Waals surface area contributed by atoms with Gasteiger partial charge in [-0.15, -0.1) is 0 Å². The summed E-state index contributed by atoms with van der Waals surface area (Å²) in [5.74, 6) is -0.254. The van der Waals surface area contributed by atoms with Gasteiger partial charge in [-0.2, -0.15) is 5.10 Å². The number of hydrogen-bond donors (Lipinski definition) is 2. The molecular weight excluding hydrogens is 232 g/mol. The molecule has 6 heteroatoms. The van der Waals surface area contributed by atoms with Crippen LogP contribution in [0, 0.1) is 13.8 Å². The monoisotopic (exact) mass is 248 g/mol. The summed E-state index contributed by atoms with van der Waals surface area (Å²) in [5, 5.41) is 16.1. The van der Waals surface area contributed by atoms with Gasteiger partial charge >= 0.3 is 0 Å². The van der Waals surface area contributed by atoms with Crippen LogP contribution < -0.4 is 5.32 Å². The van der Waals surface area contributed by atoms with E-state index in [0.29, 0.717) is 5.56 Å². The molecule has 0 bridgehead atoms. The van der Waals surface area contributed by atoms with Crippen LogP contribution in [0.2, 0.25) is 0 Å². The molecule has 6 nitrogen and oxygen atoms in total. The van der Waals surface area contributed by atoms with Gasteiger partial charge in [0, 0.05) is 18.8 Å². The quantitative estimate of drug-likeness (QED) is 0.827. The van der Waals surface area contributed by atoms with Crippen molar-refractivity contribution in [3.8, 4) is 0 Å². The lowest BCUT2D eigenvalue weighted by atomic mass is 10.2. The van der Waals surface area contributed by atoms with Gasteiger partial charge in [0.1, 0.15) is 0 Å². The van der Waals surface area contributed by atoms with Crippen molar-refractivity contribution in [1.29, 1.82) is 0 Å². The Labute approximate surface area is 105 Å². The average Bonchev–Trinajstić information content (AvgIpc) is 2.68. The number of aliphatic hydroxyl groups excluding tert-OH is 1. The van der Waals surface area contributed by atoms with Gasteiger partial charge < -0.3 is 10.4 Å². The second kappa shape index (κ2) is 4.73. The maximum Gasteiger partial charge on any atom is 0.254 e. The zero-order valence-corrected chi connectivity index (χ0v) is 10.6. The number of amides is 1. The maximum atomic E-state index is 11.9. The standard InChI is InChI=1S/C12H16N4O2/c1-7-4-11-13-6-10(9(3)16(11)15-7)12(18)14-5-8(2)17/h4,6,8,17H,5H2,1-3H3,(H,14,18). The van der Waals surface area contributed by atoms with Gasteiger partial charge in [-0.05, 0) is 20.8 Å². The summed E-state index contributed by atoms with van der Waals surface area (Å²) in [5.41, 5.74) is 2.77. The molecule has 2 rings (SSSR count). The molecule has 1 unspecified atom stereocenters. The first-order valence-corrected chi connectivity index (χ1v) is 5.77. The van der Waals surface area contributed by atoms with Crippen LogP contribution in [0.5, 0.6) is 0 Å². The van der Waals surface area contributed by atoms with E-state index in [4.69, 9.17) is 5.11 Å². The molecule has 18 heavy (non-hydrogen) atoms. The fourth-order valence-corrected chi connectivity index (χ4v) is 1.72. The lowest BCUT2D eigenvalue weighted by Gasteiger charge is -2.09. The third-order valence-electron chi connectivity index (χ3n) is 2.65. The second-order valence-electron chi connectivity index (χ2n) is 4.37. The van der Waals surface area contributed by atoms with Gasteiger partial charge in [0.25, 0.3) is 5.91 Å². The van der Waals surface area contributed by atoms with Gasteiger partial charge in [-0.3, -0.25) is 4.79 Å². The molecule has 0 radical (unpaired) electrons. The highest BCUT2D eigenvalue weighted by atomic mass is 16.3. The van der Waals surface area contributed by atoms with Gasteiger partial charge in [0.05, 0.1) is 23.1 Å². The van der Waals surface area contributed by atoms with Gasteiger partial charge in [-0.25, -0.2) is 9.50 Å². The molecule has 0 aliphatic heterocycles. The topological polar surface area (TPSA) is 79.5 Å². The number of aliphatic hydroxyl groups is 1. The number of nitrogens with zero attached hydrogens (tertiary/aromatic N) is 3. The van der Waals surface area contributed by atoms with Gasteiger partial charge in [0.2, 0.25) is 0 Å². The van der Waals surface area contributed by atoms with Crippen molar-refractivity contribution in [3.05, 3.63) is 29.2 Å². The highest BCUT2D eigenvalue weighted by molar-refractivity contribution is 5.95. The van der Waals surface area contributed by atoms with E-state index in [-0.39, 0.29) is 12.5 Å². The van der Waals surface area contributed by atoms with Crippen LogP contribution in [0.1, 0.15) is 28.7 Å². The summed E-state index contributed by atoms with van der Waals surface area (Å²) in [6, 6.07) is 1.85. The first-order chi connectivity index (χ1) is 8.49. The molecule has 1 atom stereocenters. The molecule has 0 fully saturated rings. The molecule has 0 aliphatic rings. The molecule has 0 saturated heterocycles. The van der Waals surface area contributed by atoms with Crippen LogP contribution in [0.4, 0.5) is 0 Å². The Kier molecular flexibility index (Phi) is 3.29. The van der Waals surface area contributed by atoms with Gasteiger partial charge in [0.15, 0.2) is 5.65 Å². The van der Waals surface area contributed by atoms with Crippen LogP contribution in [0.15, 0.2) is 12.3 Å². The minimum absolute atomic E-state index is 0.217. The Bertz CT molecular complexity index is 589. The second-order valence-corrected chi connectivity index (χ2v) is 4.37. The van der Waals surface area contributed by atoms with Crippen molar-refractivity contribution in [2.75, 3.05) is 6.54 Å².